The zero-order valence-electron chi connectivity index (χ0n) is 38.9. The van der Waals surface area contributed by atoms with Crippen molar-refractivity contribution in [3.8, 4) is 0 Å². The number of ether oxygens (including phenoxy) is 1. The number of hydrogen-bond donors (Lipinski definition) is 3. The van der Waals surface area contributed by atoms with Gasteiger partial charge < -0.3 is 20.3 Å². The number of carbonyl (C=O) groups excluding carboxylic acids is 2. The van der Waals surface area contributed by atoms with Gasteiger partial charge in [0.25, 0.3) is 0 Å². The first-order valence-corrected chi connectivity index (χ1v) is 25.6. The third kappa shape index (κ3) is 41.1. The van der Waals surface area contributed by atoms with Crippen LogP contribution in [0.25, 0.3) is 0 Å². The molecule has 3 unspecified atom stereocenters. The normalized spacial score (nSPS) is 13.4. The first kappa shape index (κ1) is 56.3. The zero-order valence-corrected chi connectivity index (χ0v) is 38.9. The molecular weight excluding hydrogens is 719 g/mol. The third-order valence-electron chi connectivity index (χ3n) is 11.8. The molecule has 0 aromatic carbocycles. The first-order chi connectivity index (χ1) is 28.5. The summed E-state index contributed by atoms with van der Waals surface area (Å²) in [5.74, 6) is -0.483. The number of unbranched alkanes of at least 4 members (excludes halogenated alkanes) is 30. The van der Waals surface area contributed by atoms with E-state index in [1.54, 1.807) is 0 Å². The van der Waals surface area contributed by atoms with E-state index in [0.29, 0.717) is 19.3 Å². The highest BCUT2D eigenvalue weighted by atomic mass is 16.5. The van der Waals surface area contributed by atoms with Crippen LogP contribution in [0.15, 0.2) is 24.3 Å². The average Bonchev–Trinajstić information content (AvgIpc) is 3.22. The highest BCUT2D eigenvalue weighted by molar-refractivity contribution is 5.77. The van der Waals surface area contributed by atoms with Crippen LogP contribution in [0.3, 0.4) is 0 Å². The molecule has 0 fully saturated rings. The number of allylic oxidation sites excluding steroid dienone is 4. The van der Waals surface area contributed by atoms with Crippen molar-refractivity contribution in [1.82, 2.24) is 5.32 Å². The van der Waals surface area contributed by atoms with E-state index >= 15 is 0 Å². The molecule has 0 rings (SSSR count). The van der Waals surface area contributed by atoms with Crippen molar-refractivity contribution in [1.29, 1.82) is 0 Å². The molecule has 3 N–H and O–H groups in total. The number of nitrogens with one attached hydrogen (secondary N) is 1. The maximum absolute atomic E-state index is 13.2. The van der Waals surface area contributed by atoms with Gasteiger partial charge in [-0.2, -0.15) is 0 Å². The first-order valence-electron chi connectivity index (χ1n) is 25.6. The summed E-state index contributed by atoms with van der Waals surface area (Å²) in [6, 6.07) is -0.701. The number of amides is 1. The summed E-state index contributed by atoms with van der Waals surface area (Å²) in [5.41, 5.74) is 0. The molecule has 342 valence electrons. The molecule has 0 bridgehead atoms. The van der Waals surface area contributed by atoms with Crippen molar-refractivity contribution in [3.05, 3.63) is 24.3 Å². The zero-order chi connectivity index (χ0) is 42.4. The maximum atomic E-state index is 13.2. The number of hydrogen-bond acceptors (Lipinski definition) is 5. The van der Waals surface area contributed by atoms with Gasteiger partial charge in [-0.1, -0.05) is 212 Å². The lowest BCUT2D eigenvalue weighted by molar-refractivity contribution is -0.151. The molecule has 0 saturated heterocycles. The second kappa shape index (κ2) is 46.4. The lowest BCUT2D eigenvalue weighted by atomic mass is 10.0. The summed E-state index contributed by atoms with van der Waals surface area (Å²) < 4.78 is 5.92. The van der Waals surface area contributed by atoms with E-state index in [4.69, 9.17) is 4.74 Å². The molecule has 0 aliphatic heterocycles. The quantitative estimate of drug-likeness (QED) is 0.0323. The molecule has 0 heterocycles. The summed E-state index contributed by atoms with van der Waals surface area (Å²) in [5, 5.41) is 23.7. The summed E-state index contributed by atoms with van der Waals surface area (Å²) in [6.45, 7) is 6.45. The van der Waals surface area contributed by atoms with Gasteiger partial charge in [0.2, 0.25) is 5.91 Å². The largest absolute Gasteiger partial charge is 0.462 e. The predicted octanol–water partition coefficient (Wildman–Crippen LogP) is 15.1. The lowest BCUT2D eigenvalue weighted by Gasteiger charge is -2.24. The van der Waals surface area contributed by atoms with Crippen LogP contribution >= 0.6 is 0 Å². The molecule has 0 aromatic heterocycles. The van der Waals surface area contributed by atoms with E-state index < -0.39 is 18.2 Å². The fourth-order valence-electron chi connectivity index (χ4n) is 7.82. The molecule has 0 radical (unpaired) electrons. The van der Waals surface area contributed by atoms with Gasteiger partial charge >= 0.3 is 5.97 Å². The topological polar surface area (TPSA) is 95.9 Å². The van der Waals surface area contributed by atoms with Crippen LogP contribution in [0.4, 0.5) is 0 Å². The van der Waals surface area contributed by atoms with Crippen LogP contribution in [0.1, 0.15) is 271 Å². The van der Waals surface area contributed by atoms with Crippen LogP contribution < -0.4 is 5.32 Å². The Morgan fingerprint density at radius 1 is 0.483 bits per heavy atom. The molecule has 58 heavy (non-hydrogen) atoms. The highest BCUT2D eigenvalue weighted by Crippen LogP contribution is 2.18. The standard InChI is InChI=1S/C52H99NO5/c1-4-7-10-13-16-19-22-24-25-27-29-31-34-37-40-43-48(58-52(57)45-42-39-36-33-28-21-18-15-12-9-6-3)46-51(56)53-49(47-54)50(55)44-41-38-35-32-30-26-23-20-17-14-11-8-5-2/h15,18,24-25,48-50,54-55H,4-14,16-17,19-23,26-47H2,1-3H3,(H,53,56)/b18-15-,25-24+. The predicted molar refractivity (Wildman–Crippen MR) is 250 cm³/mol. The van der Waals surface area contributed by atoms with Crippen LogP contribution in [-0.2, 0) is 14.3 Å². The smallest absolute Gasteiger partial charge is 0.306 e. The fourth-order valence-corrected chi connectivity index (χ4v) is 7.82. The van der Waals surface area contributed by atoms with Crippen LogP contribution in [0, 0.1) is 0 Å². The van der Waals surface area contributed by atoms with Gasteiger partial charge in [-0.25, -0.2) is 0 Å². The van der Waals surface area contributed by atoms with Crippen molar-refractivity contribution >= 4 is 11.9 Å². The Labute approximate surface area is 361 Å². The molecule has 1 amide bonds. The Balaban J connectivity index is 4.57. The fraction of sp³-hybridized carbons (Fsp3) is 0.885. The lowest BCUT2D eigenvalue weighted by Crippen LogP contribution is -2.46. The summed E-state index contributed by atoms with van der Waals surface area (Å²) in [4.78, 5) is 26.1. The number of carbonyl (C=O) groups is 2. The minimum absolute atomic E-state index is 0.0723. The maximum Gasteiger partial charge on any atom is 0.306 e. The van der Waals surface area contributed by atoms with E-state index in [1.165, 1.54) is 161 Å². The van der Waals surface area contributed by atoms with Gasteiger partial charge in [0.15, 0.2) is 0 Å². The van der Waals surface area contributed by atoms with E-state index in [9.17, 15) is 19.8 Å². The van der Waals surface area contributed by atoms with Crippen molar-refractivity contribution in [2.75, 3.05) is 6.61 Å². The SMILES string of the molecule is CCCC/C=C\CCCCCCCC(=O)OC(CCCCCCC/C=C/CCCCCCCC)CC(=O)NC(CO)C(O)CCCCCCCCCCCCCCC. The minimum Gasteiger partial charge on any atom is -0.462 e. The van der Waals surface area contributed by atoms with E-state index in [0.717, 1.165) is 64.2 Å². The van der Waals surface area contributed by atoms with Crippen molar-refractivity contribution < 1.29 is 24.5 Å². The van der Waals surface area contributed by atoms with E-state index in [1.807, 2.05) is 0 Å². The molecule has 6 nitrogen and oxygen atoms in total. The molecule has 0 aliphatic carbocycles. The molecule has 0 aromatic rings. The van der Waals surface area contributed by atoms with Crippen molar-refractivity contribution in [2.24, 2.45) is 0 Å². The number of esters is 1. The molecule has 3 atom stereocenters. The third-order valence-corrected chi connectivity index (χ3v) is 11.8. The Morgan fingerprint density at radius 3 is 1.28 bits per heavy atom. The van der Waals surface area contributed by atoms with Gasteiger partial charge in [-0.05, 0) is 70.6 Å². The molecular formula is C52H99NO5. The number of rotatable bonds is 46. The van der Waals surface area contributed by atoms with Crippen molar-refractivity contribution in [3.63, 3.8) is 0 Å². The average molecular weight is 818 g/mol. The molecule has 0 aliphatic rings. The van der Waals surface area contributed by atoms with Gasteiger partial charge in [-0.3, -0.25) is 9.59 Å². The molecule has 0 saturated carbocycles. The summed E-state index contributed by atoms with van der Waals surface area (Å²) >= 11 is 0. The van der Waals surface area contributed by atoms with E-state index in [2.05, 4.69) is 50.4 Å². The monoisotopic (exact) mass is 818 g/mol. The van der Waals surface area contributed by atoms with Crippen molar-refractivity contribution in [2.45, 2.75) is 289 Å². The van der Waals surface area contributed by atoms with Gasteiger partial charge in [0, 0.05) is 6.42 Å². The van der Waals surface area contributed by atoms with Crippen LogP contribution in [0.5, 0.6) is 0 Å². The summed E-state index contributed by atoms with van der Waals surface area (Å²) in [7, 11) is 0. The van der Waals surface area contributed by atoms with Gasteiger partial charge in [0.05, 0.1) is 25.2 Å². The van der Waals surface area contributed by atoms with Gasteiger partial charge in [-0.15, -0.1) is 0 Å². The minimum atomic E-state index is -0.787. The molecule has 0 spiro atoms. The number of aliphatic hydroxyl groups is 2. The highest BCUT2D eigenvalue weighted by Gasteiger charge is 2.24. The molecule has 6 heteroatoms. The second-order valence-corrected chi connectivity index (χ2v) is 17.6. The Morgan fingerprint density at radius 2 is 0.845 bits per heavy atom. The van der Waals surface area contributed by atoms with Crippen LogP contribution in [-0.4, -0.2) is 46.9 Å². The van der Waals surface area contributed by atoms with Crippen LogP contribution in [0.2, 0.25) is 0 Å². The Bertz CT molecular complexity index is 919. The summed E-state index contributed by atoms with van der Waals surface area (Å²) in [6.07, 6.45) is 52.3. The number of aliphatic hydroxyl groups excluding tert-OH is 2. The van der Waals surface area contributed by atoms with E-state index in [-0.39, 0.29) is 24.9 Å². The van der Waals surface area contributed by atoms with Gasteiger partial charge in [0.1, 0.15) is 6.10 Å². The Kier molecular flexibility index (Phi) is 45.1. The Hall–Kier alpha value is -1.66. The second-order valence-electron chi connectivity index (χ2n) is 17.6.